The van der Waals surface area contributed by atoms with Gasteiger partial charge in [0.05, 0.1) is 25.0 Å². The van der Waals surface area contributed by atoms with Gasteiger partial charge in [-0.2, -0.15) is 30.4 Å². The van der Waals surface area contributed by atoms with Crippen molar-refractivity contribution in [2.24, 2.45) is 5.92 Å². The Morgan fingerprint density at radius 3 is 2.03 bits per heavy atom. The van der Waals surface area contributed by atoms with Crippen LogP contribution in [0.25, 0.3) is 0 Å². The van der Waals surface area contributed by atoms with Gasteiger partial charge in [0.2, 0.25) is 0 Å². The van der Waals surface area contributed by atoms with Crippen LogP contribution < -0.4 is 0 Å². The van der Waals surface area contributed by atoms with Crippen molar-refractivity contribution >= 4 is 22.1 Å². The van der Waals surface area contributed by atoms with E-state index in [0.717, 1.165) is 6.42 Å². The number of halogens is 5. The molecule has 1 N–H and O–H groups in total. The molecule has 0 heterocycles. The van der Waals surface area contributed by atoms with Gasteiger partial charge >= 0.3 is 39.3 Å². The molecule has 1 unspecified atom stereocenters. The molecule has 0 aromatic heterocycles. The Morgan fingerprint density at radius 2 is 1.60 bits per heavy atom. The molecule has 0 amide bonds. The van der Waals surface area contributed by atoms with Crippen LogP contribution in [0.3, 0.4) is 0 Å². The van der Waals surface area contributed by atoms with E-state index in [4.69, 9.17) is 4.55 Å². The number of ether oxygens (including phenoxy) is 3. The lowest BCUT2D eigenvalue weighted by molar-refractivity contribution is -0.358. The third-order valence-electron chi connectivity index (χ3n) is 4.24. The Labute approximate surface area is 169 Å². The first-order valence-corrected chi connectivity index (χ1v) is 10.5. The van der Waals surface area contributed by atoms with E-state index in [1.54, 1.807) is 0 Å². The summed E-state index contributed by atoms with van der Waals surface area (Å²) in [5.74, 6) is -8.96. The van der Waals surface area contributed by atoms with Gasteiger partial charge < -0.3 is 14.2 Å². The fourth-order valence-electron chi connectivity index (χ4n) is 2.68. The Bertz CT molecular complexity index is 716. The van der Waals surface area contributed by atoms with Gasteiger partial charge in [-0.15, -0.1) is 0 Å². The summed E-state index contributed by atoms with van der Waals surface area (Å²) >= 11 is 0. The van der Waals surface area contributed by atoms with Crippen molar-refractivity contribution in [2.75, 3.05) is 6.61 Å². The van der Waals surface area contributed by atoms with Crippen LogP contribution in [-0.4, -0.2) is 54.8 Å². The molecule has 0 spiro atoms. The predicted molar refractivity (Wildman–Crippen MR) is 89.7 cm³/mol. The molecule has 1 fully saturated rings. The molecule has 0 saturated heterocycles. The molecular formula is C16H23F5O8S. The Balaban J connectivity index is 3.19. The summed E-state index contributed by atoms with van der Waals surface area (Å²) in [6.07, 6.45) is -6.57. The highest BCUT2D eigenvalue weighted by molar-refractivity contribution is 7.86. The first kappa shape index (κ1) is 26.5. The maximum absolute atomic E-state index is 13.8. The van der Waals surface area contributed by atoms with Crippen molar-refractivity contribution in [1.82, 2.24) is 0 Å². The van der Waals surface area contributed by atoms with E-state index in [1.165, 1.54) is 13.8 Å². The molecule has 30 heavy (non-hydrogen) atoms. The second kappa shape index (κ2) is 9.73. The average Bonchev–Trinajstić information content (AvgIpc) is 2.58. The second-order valence-electron chi connectivity index (χ2n) is 7.04. The summed E-state index contributed by atoms with van der Waals surface area (Å²) in [4.78, 5) is 24.5. The SMILES string of the molecule is CC(C)OC(=O)C(OCCC(F)(F)S(=O)(=O)O)(OC(=O)C1CCCCC1)C(F)(F)F. The van der Waals surface area contributed by atoms with Crippen LogP contribution >= 0.6 is 0 Å². The average molecular weight is 470 g/mol. The van der Waals surface area contributed by atoms with Gasteiger partial charge in [-0.1, -0.05) is 19.3 Å². The van der Waals surface area contributed by atoms with Gasteiger partial charge in [0.1, 0.15) is 0 Å². The van der Waals surface area contributed by atoms with E-state index < -0.39 is 64.3 Å². The number of carbonyl (C=O) groups is 2. The van der Waals surface area contributed by atoms with Crippen LogP contribution in [0.15, 0.2) is 0 Å². The van der Waals surface area contributed by atoms with Crippen LogP contribution in [0.5, 0.6) is 0 Å². The lowest BCUT2D eigenvalue weighted by Gasteiger charge is -2.34. The quantitative estimate of drug-likeness (QED) is 0.236. The lowest BCUT2D eigenvalue weighted by atomic mass is 9.89. The van der Waals surface area contributed by atoms with E-state index in [2.05, 4.69) is 14.2 Å². The summed E-state index contributed by atoms with van der Waals surface area (Å²) in [7, 11) is -5.95. The molecule has 0 aromatic carbocycles. The van der Waals surface area contributed by atoms with Gasteiger partial charge in [0.25, 0.3) is 0 Å². The van der Waals surface area contributed by atoms with Crippen LogP contribution in [0, 0.1) is 5.92 Å². The van der Waals surface area contributed by atoms with Crippen molar-refractivity contribution in [3.63, 3.8) is 0 Å². The van der Waals surface area contributed by atoms with Crippen molar-refractivity contribution in [3.05, 3.63) is 0 Å². The second-order valence-corrected chi connectivity index (χ2v) is 8.58. The molecule has 0 radical (unpaired) electrons. The maximum atomic E-state index is 13.8. The highest BCUT2D eigenvalue weighted by atomic mass is 32.2. The lowest BCUT2D eigenvalue weighted by Crippen LogP contribution is -2.59. The summed E-state index contributed by atoms with van der Waals surface area (Å²) in [6, 6.07) is 0. The minimum atomic E-state index is -5.95. The summed E-state index contributed by atoms with van der Waals surface area (Å²) < 4.78 is 111. The van der Waals surface area contributed by atoms with Crippen molar-refractivity contribution in [1.29, 1.82) is 0 Å². The fourth-order valence-corrected chi connectivity index (χ4v) is 3.02. The van der Waals surface area contributed by atoms with Crippen molar-refractivity contribution < 1.29 is 58.7 Å². The van der Waals surface area contributed by atoms with Crippen LogP contribution in [0.2, 0.25) is 0 Å². The molecule has 8 nitrogen and oxygen atoms in total. The molecular weight excluding hydrogens is 447 g/mol. The van der Waals surface area contributed by atoms with Crippen molar-refractivity contribution in [3.8, 4) is 0 Å². The molecule has 1 rings (SSSR count). The number of carbonyl (C=O) groups excluding carboxylic acids is 2. The van der Waals surface area contributed by atoms with Crippen LogP contribution in [0.4, 0.5) is 22.0 Å². The topological polar surface area (TPSA) is 116 Å². The zero-order chi connectivity index (χ0) is 23.4. The molecule has 176 valence electrons. The van der Waals surface area contributed by atoms with Gasteiger partial charge in [-0.3, -0.25) is 9.35 Å². The zero-order valence-electron chi connectivity index (χ0n) is 16.2. The Morgan fingerprint density at radius 1 is 1.07 bits per heavy atom. The van der Waals surface area contributed by atoms with Gasteiger partial charge in [0, 0.05) is 0 Å². The summed E-state index contributed by atoms with van der Waals surface area (Å²) in [5.41, 5.74) is 0. The Kier molecular flexibility index (Phi) is 8.59. The molecule has 1 saturated carbocycles. The van der Waals surface area contributed by atoms with E-state index in [1.807, 2.05) is 0 Å². The molecule has 0 aliphatic heterocycles. The minimum absolute atomic E-state index is 0.201. The molecule has 1 aliphatic carbocycles. The molecule has 14 heteroatoms. The predicted octanol–water partition coefficient (Wildman–Crippen LogP) is 3.21. The molecule has 0 aromatic rings. The number of rotatable bonds is 9. The van der Waals surface area contributed by atoms with Crippen molar-refractivity contribution in [2.45, 2.75) is 75.7 Å². The van der Waals surface area contributed by atoms with E-state index in [-0.39, 0.29) is 12.8 Å². The van der Waals surface area contributed by atoms with E-state index in [0.29, 0.717) is 12.8 Å². The van der Waals surface area contributed by atoms with Gasteiger partial charge in [0.15, 0.2) is 0 Å². The highest BCUT2D eigenvalue weighted by Crippen LogP contribution is 2.39. The van der Waals surface area contributed by atoms with Crippen LogP contribution in [-0.2, 0) is 33.9 Å². The number of hydrogen-bond donors (Lipinski definition) is 1. The van der Waals surface area contributed by atoms with Gasteiger partial charge in [-0.05, 0) is 26.7 Å². The third kappa shape index (κ3) is 6.48. The minimum Gasteiger partial charge on any atom is -0.458 e. The summed E-state index contributed by atoms with van der Waals surface area (Å²) in [6.45, 7) is 0.667. The van der Waals surface area contributed by atoms with Gasteiger partial charge in [-0.25, -0.2) is 4.79 Å². The highest BCUT2D eigenvalue weighted by Gasteiger charge is 2.68. The smallest absolute Gasteiger partial charge is 0.458 e. The third-order valence-corrected chi connectivity index (χ3v) is 5.20. The fraction of sp³-hybridized carbons (Fsp3) is 0.875. The molecule has 0 bridgehead atoms. The monoisotopic (exact) mass is 470 g/mol. The maximum Gasteiger partial charge on any atom is 0.468 e. The largest absolute Gasteiger partial charge is 0.468 e. The van der Waals surface area contributed by atoms with E-state index >= 15 is 0 Å². The number of hydrogen-bond acceptors (Lipinski definition) is 7. The summed E-state index contributed by atoms with van der Waals surface area (Å²) in [5, 5.41) is -4.86. The standard InChI is InChI=1S/C16H23F5O8S/c1-10(2)28-13(23)15(16(19,20)21,27-9-8-14(17,18)30(24,25)26)29-12(22)11-6-4-3-5-7-11/h10-11H,3-9H2,1-2H3,(H,24,25,26). The number of esters is 2. The normalized spacial score (nSPS) is 18.7. The molecule has 1 atom stereocenters. The Hall–Kier alpha value is -1.54. The molecule has 1 aliphatic rings. The number of alkyl halides is 5. The first-order valence-electron chi connectivity index (χ1n) is 9.03. The van der Waals surface area contributed by atoms with E-state index in [9.17, 15) is 40.0 Å². The van der Waals surface area contributed by atoms with Crippen LogP contribution in [0.1, 0.15) is 52.4 Å². The zero-order valence-corrected chi connectivity index (χ0v) is 17.0. The first-order chi connectivity index (χ1) is 13.5.